The number of rotatable bonds is 4. The Balaban J connectivity index is 2.17. The van der Waals surface area contributed by atoms with Gasteiger partial charge in [0.2, 0.25) is 0 Å². The molecule has 0 aromatic heterocycles. The van der Waals surface area contributed by atoms with Crippen LogP contribution in [0.15, 0.2) is 29.2 Å². The van der Waals surface area contributed by atoms with Gasteiger partial charge in [-0.3, -0.25) is 0 Å². The SMILES string of the molecule is CCCNS(=O)c1ccc2c(c1)CCC=C2. The van der Waals surface area contributed by atoms with Crippen molar-refractivity contribution >= 4 is 17.1 Å². The van der Waals surface area contributed by atoms with Crippen LogP contribution in [-0.2, 0) is 17.4 Å². The molecule has 1 N–H and O–H groups in total. The zero-order valence-electron chi connectivity index (χ0n) is 9.53. The molecule has 0 amide bonds. The second-order valence-corrected chi connectivity index (χ2v) is 5.26. The lowest BCUT2D eigenvalue weighted by molar-refractivity contribution is 0.670. The van der Waals surface area contributed by atoms with Gasteiger partial charge in [-0.15, -0.1) is 0 Å². The van der Waals surface area contributed by atoms with Crippen molar-refractivity contribution in [2.24, 2.45) is 0 Å². The minimum Gasteiger partial charge on any atom is -0.238 e. The lowest BCUT2D eigenvalue weighted by atomic mass is 9.98. The van der Waals surface area contributed by atoms with Crippen molar-refractivity contribution in [3.63, 3.8) is 0 Å². The predicted octanol–water partition coefficient (Wildman–Crippen LogP) is 2.67. The third-order valence-corrected chi connectivity index (χ3v) is 3.84. The number of benzene rings is 1. The summed E-state index contributed by atoms with van der Waals surface area (Å²) in [5, 5.41) is 0. The molecular formula is C13H17NOS. The Bertz CT molecular complexity index is 426. The Morgan fingerprint density at radius 3 is 3.12 bits per heavy atom. The summed E-state index contributed by atoms with van der Waals surface area (Å²) >= 11 is 0. The van der Waals surface area contributed by atoms with Crippen molar-refractivity contribution in [3.8, 4) is 0 Å². The molecule has 0 saturated heterocycles. The Kier molecular flexibility index (Phi) is 3.91. The van der Waals surface area contributed by atoms with E-state index in [4.69, 9.17) is 0 Å². The average molecular weight is 235 g/mol. The molecule has 2 nitrogen and oxygen atoms in total. The maximum Gasteiger partial charge on any atom is 0.124 e. The van der Waals surface area contributed by atoms with Gasteiger partial charge in [-0.1, -0.05) is 25.1 Å². The maximum absolute atomic E-state index is 11.9. The number of nitrogens with one attached hydrogen (secondary N) is 1. The molecule has 1 aromatic rings. The molecule has 0 heterocycles. The molecule has 1 atom stereocenters. The van der Waals surface area contributed by atoms with Crippen molar-refractivity contribution in [2.45, 2.75) is 31.1 Å². The molecular weight excluding hydrogens is 218 g/mol. The molecule has 1 aliphatic carbocycles. The fourth-order valence-corrected chi connectivity index (χ4v) is 2.80. The first-order valence-electron chi connectivity index (χ1n) is 5.76. The number of hydrogen-bond acceptors (Lipinski definition) is 1. The topological polar surface area (TPSA) is 29.1 Å². The summed E-state index contributed by atoms with van der Waals surface area (Å²) in [7, 11) is -1.06. The van der Waals surface area contributed by atoms with Crippen LogP contribution in [0.2, 0.25) is 0 Å². The van der Waals surface area contributed by atoms with Gasteiger partial charge in [0.25, 0.3) is 0 Å². The first kappa shape index (κ1) is 11.6. The molecule has 1 aliphatic rings. The van der Waals surface area contributed by atoms with Crippen LogP contribution >= 0.6 is 0 Å². The average Bonchev–Trinajstić information content (AvgIpc) is 2.35. The molecule has 1 unspecified atom stereocenters. The van der Waals surface area contributed by atoms with Gasteiger partial charge in [0.1, 0.15) is 11.0 Å². The molecule has 1 aromatic carbocycles. The fraction of sp³-hybridized carbons (Fsp3) is 0.385. The van der Waals surface area contributed by atoms with Gasteiger partial charge in [-0.05, 0) is 42.5 Å². The third-order valence-electron chi connectivity index (χ3n) is 2.69. The van der Waals surface area contributed by atoms with Crippen molar-refractivity contribution < 1.29 is 4.21 Å². The van der Waals surface area contributed by atoms with E-state index in [1.54, 1.807) is 0 Å². The van der Waals surface area contributed by atoms with Crippen molar-refractivity contribution in [3.05, 3.63) is 35.4 Å². The summed E-state index contributed by atoms with van der Waals surface area (Å²) in [6.45, 7) is 2.87. The Hall–Kier alpha value is -0.930. The molecule has 0 aliphatic heterocycles. The summed E-state index contributed by atoms with van der Waals surface area (Å²) < 4.78 is 14.9. The molecule has 0 radical (unpaired) electrons. The molecule has 0 saturated carbocycles. The fourth-order valence-electron chi connectivity index (χ4n) is 1.80. The van der Waals surface area contributed by atoms with E-state index in [1.165, 1.54) is 11.1 Å². The Labute approximate surface area is 99.4 Å². The summed E-state index contributed by atoms with van der Waals surface area (Å²) in [4.78, 5) is 0.891. The second-order valence-electron chi connectivity index (χ2n) is 3.96. The largest absolute Gasteiger partial charge is 0.238 e. The van der Waals surface area contributed by atoms with Gasteiger partial charge in [0.15, 0.2) is 0 Å². The van der Waals surface area contributed by atoms with Crippen LogP contribution in [0.1, 0.15) is 30.9 Å². The first-order chi connectivity index (χ1) is 7.81. The summed E-state index contributed by atoms with van der Waals surface area (Å²) in [5.74, 6) is 0. The van der Waals surface area contributed by atoms with Crippen LogP contribution in [0.3, 0.4) is 0 Å². The molecule has 2 rings (SSSR count). The van der Waals surface area contributed by atoms with Gasteiger partial charge in [-0.25, -0.2) is 8.93 Å². The van der Waals surface area contributed by atoms with Crippen LogP contribution in [0.25, 0.3) is 6.08 Å². The third kappa shape index (κ3) is 2.60. The van der Waals surface area contributed by atoms with Gasteiger partial charge in [-0.2, -0.15) is 0 Å². The summed E-state index contributed by atoms with van der Waals surface area (Å²) in [5.41, 5.74) is 2.58. The van der Waals surface area contributed by atoms with Crippen LogP contribution in [0.5, 0.6) is 0 Å². The van der Waals surface area contributed by atoms with E-state index in [-0.39, 0.29) is 0 Å². The van der Waals surface area contributed by atoms with E-state index in [2.05, 4.69) is 35.9 Å². The Morgan fingerprint density at radius 2 is 2.31 bits per heavy atom. The van der Waals surface area contributed by atoms with E-state index < -0.39 is 11.0 Å². The molecule has 16 heavy (non-hydrogen) atoms. The minimum atomic E-state index is -1.06. The summed E-state index contributed by atoms with van der Waals surface area (Å²) in [6, 6.07) is 6.08. The normalized spacial score (nSPS) is 15.8. The van der Waals surface area contributed by atoms with E-state index >= 15 is 0 Å². The molecule has 0 spiro atoms. The lowest BCUT2D eigenvalue weighted by Crippen LogP contribution is -2.18. The number of allylic oxidation sites excluding steroid dienone is 1. The van der Waals surface area contributed by atoms with Crippen molar-refractivity contribution in [1.29, 1.82) is 0 Å². The predicted molar refractivity (Wildman–Crippen MR) is 68.5 cm³/mol. The first-order valence-corrected chi connectivity index (χ1v) is 6.91. The van der Waals surface area contributed by atoms with Gasteiger partial charge in [0, 0.05) is 6.54 Å². The van der Waals surface area contributed by atoms with E-state index in [0.29, 0.717) is 0 Å². The van der Waals surface area contributed by atoms with E-state index in [1.807, 2.05) is 6.07 Å². The quantitative estimate of drug-likeness (QED) is 0.854. The smallest absolute Gasteiger partial charge is 0.124 e. The molecule has 3 heteroatoms. The highest BCUT2D eigenvalue weighted by atomic mass is 32.2. The number of aryl methyl sites for hydroxylation is 1. The zero-order chi connectivity index (χ0) is 11.4. The molecule has 0 fully saturated rings. The van der Waals surface area contributed by atoms with Gasteiger partial charge in [0.05, 0.1) is 4.90 Å². The standard InChI is InChI=1S/C13H17NOS/c1-2-9-14-16(15)13-8-7-11-5-3-4-6-12(11)10-13/h3,5,7-8,10,14H,2,4,6,9H2,1H3. The van der Waals surface area contributed by atoms with Crippen LogP contribution in [-0.4, -0.2) is 10.8 Å². The van der Waals surface area contributed by atoms with Gasteiger partial charge >= 0.3 is 0 Å². The van der Waals surface area contributed by atoms with E-state index in [9.17, 15) is 4.21 Å². The lowest BCUT2D eigenvalue weighted by Gasteiger charge is -2.12. The highest BCUT2D eigenvalue weighted by Gasteiger charge is 2.08. The maximum atomic E-state index is 11.9. The van der Waals surface area contributed by atoms with Gasteiger partial charge < -0.3 is 0 Å². The number of hydrogen-bond donors (Lipinski definition) is 1. The highest BCUT2D eigenvalue weighted by Crippen LogP contribution is 2.21. The summed E-state index contributed by atoms with van der Waals surface area (Å²) in [6.07, 6.45) is 7.48. The van der Waals surface area contributed by atoms with Crippen LogP contribution < -0.4 is 4.72 Å². The number of fused-ring (bicyclic) bond motifs is 1. The monoisotopic (exact) mass is 235 g/mol. The Morgan fingerprint density at radius 1 is 1.44 bits per heavy atom. The zero-order valence-corrected chi connectivity index (χ0v) is 10.3. The minimum absolute atomic E-state index is 0.795. The highest BCUT2D eigenvalue weighted by molar-refractivity contribution is 7.83. The van der Waals surface area contributed by atoms with Crippen LogP contribution in [0, 0.1) is 0 Å². The van der Waals surface area contributed by atoms with E-state index in [0.717, 1.165) is 30.7 Å². The van der Waals surface area contributed by atoms with Crippen molar-refractivity contribution in [2.75, 3.05) is 6.54 Å². The second kappa shape index (κ2) is 5.41. The molecule has 0 bridgehead atoms. The molecule has 86 valence electrons. The van der Waals surface area contributed by atoms with Crippen molar-refractivity contribution in [1.82, 2.24) is 4.72 Å². The van der Waals surface area contributed by atoms with Crippen LogP contribution in [0.4, 0.5) is 0 Å².